The molecule has 1 fully saturated rings. The third-order valence-electron chi connectivity index (χ3n) is 3.95. The van der Waals surface area contributed by atoms with Crippen LogP contribution in [0.25, 0.3) is 0 Å². The van der Waals surface area contributed by atoms with E-state index in [9.17, 15) is 4.79 Å². The molecule has 1 saturated heterocycles. The lowest BCUT2D eigenvalue weighted by Crippen LogP contribution is -2.50. The van der Waals surface area contributed by atoms with E-state index in [0.29, 0.717) is 19.8 Å². The first-order valence-electron chi connectivity index (χ1n) is 8.66. The monoisotopic (exact) mass is 471 g/mol. The van der Waals surface area contributed by atoms with Crippen LogP contribution in [0.4, 0.5) is 0 Å². The molecule has 0 aliphatic carbocycles. The largest absolute Gasteiger partial charge is 0.382 e. The Morgan fingerprint density at radius 3 is 2.36 bits per heavy atom. The predicted molar refractivity (Wildman–Crippen MR) is 111 cm³/mol. The summed E-state index contributed by atoms with van der Waals surface area (Å²) in [5, 5.41) is 6.59. The highest BCUT2D eigenvalue weighted by molar-refractivity contribution is 14.0. The standard InChI is InChI=1S/C16H33N5O3.HI/c1-15(22)21-10-8-20(9-11-21)7-6-19-16(17-2)18-5-4-12-24-14-13-23-3;/h4-14H2,1-3H3,(H2,17,18,19);1H. The summed E-state index contributed by atoms with van der Waals surface area (Å²) in [6.07, 6.45) is 0.928. The van der Waals surface area contributed by atoms with Crippen molar-refractivity contribution in [2.75, 3.05) is 79.8 Å². The highest BCUT2D eigenvalue weighted by atomic mass is 127. The van der Waals surface area contributed by atoms with E-state index in [0.717, 1.165) is 58.2 Å². The van der Waals surface area contributed by atoms with Crippen LogP contribution in [0.3, 0.4) is 0 Å². The summed E-state index contributed by atoms with van der Waals surface area (Å²) in [5.74, 6) is 0.984. The summed E-state index contributed by atoms with van der Waals surface area (Å²) < 4.78 is 10.3. The molecule has 1 rings (SSSR count). The van der Waals surface area contributed by atoms with Crippen LogP contribution in [0.1, 0.15) is 13.3 Å². The number of nitrogens with one attached hydrogen (secondary N) is 2. The topological polar surface area (TPSA) is 78.4 Å². The fourth-order valence-electron chi connectivity index (χ4n) is 2.46. The predicted octanol–water partition coefficient (Wildman–Crippen LogP) is -0.0134. The molecule has 1 amide bonds. The van der Waals surface area contributed by atoms with Gasteiger partial charge in [-0.2, -0.15) is 0 Å². The number of amides is 1. The summed E-state index contributed by atoms with van der Waals surface area (Å²) >= 11 is 0. The molecule has 0 aromatic carbocycles. The molecule has 0 bridgehead atoms. The zero-order valence-electron chi connectivity index (χ0n) is 15.8. The van der Waals surface area contributed by atoms with Crippen molar-refractivity contribution in [2.24, 2.45) is 4.99 Å². The van der Waals surface area contributed by atoms with Gasteiger partial charge in [-0.1, -0.05) is 0 Å². The molecular weight excluding hydrogens is 437 g/mol. The Bertz CT molecular complexity index is 377. The van der Waals surface area contributed by atoms with Crippen LogP contribution >= 0.6 is 24.0 Å². The van der Waals surface area contributed by atoms with Crippen molar-refractivity contribution in [2.45, 2.75) is 13.3 Å². The molecular formula is C16H34IN5O3. The van der Waals surface area contributed by atoms with E-state index >= 15 is 0 Å². The van der Waals surface area contributed by atoms with Crippen LogP contribution < -0.4 is 10.6 Å². The summed E-state index contributed by atoms with van der Waals surface area (Å²) in [7, 11) is 3.44. The van der Waals surface area contributed by atoms with Crippen molar-refractivity contribution in [3.8, 4) is 0 Å². The van der Waals surface area contributed by atoms with Gasteiger partial charge in [0.25, 0.3) is 0 Å². The van der Waals surface area contributed by atoms with Crippen LogP contribution in [0.15, 0.2) is 4.99 Å². The van der Waals surface area contributed by atoms with Gasteiger partial charge >= 0.3 is 0 Å². The first-order valence-corrected chi connectivity index (χ1v) is 8.66. The molecule has 0 aromatic heterocycles. The second-order valence-corrected chi connectivity index (χ2v) is 5.73. The maximum atomic E-state index is 11.3. The van der Waals surface area contributed by atoms with E-state index in [1.54, 1.807) is 21.1 Å². The number of piperazine rings is 1. The Labute approximate surface area is 168 Å². The summed E-state index contributed by atoms with van der Waals surface area (Å²) in [6.45, 7) is 9.76. The molecule has 0 saturated carbocycles. The first kappa shape index (κ1) is 24.4. The lowest BCUT2D eigenvalue weighted by atomic mass is 10.3. The zero-order chi connectivity index (χ0) is 17.6. The average Bonchev–Trinajstić information content (AvgIpc) is 2.59. The van der Waals surface area contributed by atoms with Gasteiger partial charge in [-0.05, 0) is 6.42 Å². The van der Waals surface area contributed by atoms with E-state index in [4.69, 9.17) is 9.47 Å². The second-order valence-electron chi connectivity index (χ2n) is 5.73. The Kier molecular flexibility index (Phi) is 15.2. The van der Waals surface area contributed by atoms with Crippen molar-refractivity contribution >= 4 is 35.8 Å². The van der Waals surface area contributed by atoms with Crippen molar-refractivity contribution in [3.63, 3.8) is 0 Å². The normalized spacial score (nSPS) is 15.6. The van der Waals surface area contributed by atoms with Gasteiger partial charge in [-0.25, -0.2) is 0 Å². The number of aliphatic imine (C=N–C) groups is 1. The minimum absolute atomic E-state index is 0. The molecule has 1 aliphatic rings. The van der Waals surface area contributed by atoms with Crippen molar-refractivity contribution in [3.05, 3.63) is 0 Å². The van der Waals surface area contributed by atoms with Crippen molar-refractivity contribution in [1.82, 2.24) is 20.4 Å². The number of halogens is 1. The van der Waals surface area contributed by atoms with Crippen molar-refractivity contribution < 1.29 is 14.3 Å². The third-order valence-corrected chi connectivity index (χ3v) is 3.95. The van der Waals surface area contributed by atoms with E-state index in [1.165, 1.54) is 0 Å². The molecule has 25 heavy (non-hydrogen) atoms. The van der Waals surface area contributed by atoms with Gasteiger partial charge in [0.2, 0.25) is 5.91 Å². The number of guanidine groups is 1. The fraction of sp³-hybridized carbons (Fsp3) is 0.875. The van der Waals surface area contributed by atoms with Gasteiger partial charge in [-0.15, -0.1) is 24.0 Å². The van der Waals surface area contributed by atoms with Gasteiger partial charge in [0.15, 0.2) is 5.96 Å². The highest BCUT2D eigenvalue weighted by Crippen LogP contribution is 2.00. The molecule has 0 aromatic rings. The Hall–Kier alpha value is -0.650. The smallest absolute Gasteiger partial charge is 0.219 e. The SMILES string of the molecule is CN=C(NCCCOCCOC)NCCN1CCN(C(C)=O)CC1.I. The van der Waals surface area contributed by atoms with Gasteiger partial charge in [0, 0.05) is 73.5 Å². The Balaban J connectivity index is 0.00000576. The summed E-state index contributed by atoms with van der Waals surface area (Å²) in [4.78, 5) is 19.8. The molecule has 2 N–H and O–H groups in total. The molecule has 0 radical (unpaired) electrons. The highest BCUT2D eigenvalue weighted by Gasteiger charge is 2.17. The van der Waals surface area contributed by atoms with E-state index < -0.39 is 0 Å². The van der Waals surface area contributed by atoms with Crippen LogP contribution in [-0.2, 0) is 14.3 Å². The minimum Gasteiger partial charge on any atom is -0.382 e. The number of hydrogen-bond acceptors (Lipinski definition) is 5. The van der Waals surface area contributed by atoms with E-state index in [2.05, 4.69) is 20.5 Å². The average molecular weight is 471 g/mol. The van der Waals surface area contributed by atoms with Crippen molar-refractivity contribution in [1.29, 1.82) is 0 Å². The fourth-order valence-corrected chi connectivity index (χ4v) is 2.46. The minimum atomic E-state index is 0. The molecule has 0 atom stereocenters. The lowest BCUT2D eigenvalue weighted by Gasteiger charge is -2.34. The number of ether oxygens (including phenoxy) is 2. The number of carbonyl (C=O) groups excluding carboxylic acids is 1. The van der Waals surface area contributed by atoms with Gasteiger partial charge in [0.05, 0.1) is 13.2 Å². The van der Waals surface area contributed by atoms with Gasteiger partial charge < -0.3 is 25.0 Å². The van der Waals surface area contributed by atoms with E-state index in [1.807, 2.05) is 4.90 Å². The number of hydrogen-bond donors (Lipinski definition) is 2. The number of methoxy groups -OCH3 is 1. The molecule has 148 valence electrons. The maximum Gasteiger partial charge on any atom is 0.219 e. The Morgan fingerprint density at radius 2 is 1.76 bits per heavy atom. The lowest BCUT2D eigenvalue weighted by molar-refractivity contribution is -0.130. The molecule has 9 heteroatoms. The van der Waals surface area contributed by atoms with Crippen LogP contribution in [0.5, 0.6) is 0 Å². The maximum absolute atomic E-state index is 11.3. The zero-order valence-corrected chi connectivity index (χ0v) is 18.1. The Morgan fingerprint density at radius 1 is 1.08 bits per heavy atom. The first-order chi connectivity index (χ1) is 11.7. The quantitative estimate of drug-likeness (QED) is 0.202. The molecule has 1 aliphatic heterocycles. The molecule has 0 unspecified atom stereocenters. The van der Waals surface area contributed by atoms with Crippen LogP contribution in [0, 0.1) is 0 Å². The number of rotatable bonds is 10. The van der Waals surface area contributed by atoms with Crippen LogP contribution in [0.2, 0.25) is 0 Å². The number of nitrogens with zero attached hydrogens (tertiary/aromatic N) is 3. The van der Waals surface area contributed by atoms with E-state index in [-0.39, 0.29) is 29.9 Å². The van der Waals surface area contributed by atoms with Gasteiger partial charge in [0.1, 0.15) is 0 Å². The molecule has 1 heterocycles. The molecule has 0 spiro atoms. The summed E-state index contributed by atoms with van der Waals surface area (Å²) in [6, 6.07) is 0. The third kappa shape index (κ3) is 11.6. The van der Waals surface area contributed by atoms with Crippen LogP contribution in [-0.4, -0.2) is 101 Å². The summed E-state index contributed by atoms with van der Waals surface area (Å²) in [5.41, 5.74) is 0. The molecule has 8 nitrogen and oxygen atoms in total. The van der Waals surface area contributed by atoms with Gasteiger partial charge in [-0.3, -0.25) is 14.7 Å². The second kappa shape index (κ2) is 15.6. The number of carbonyl (C=O) groups is 1.